The Kier molecular flexibility index (Phi) is 3.63. The molecule has 0 aliphatic rings. The number of primary amides is 1. The number of nitro benzene ring substituents is 2. The average molecular weight is 257 g/mol. The predicted octanol–water partition coefficient (Wildman–Crippen LogP) is 1.32. The van der Waals surface area contributed by atoms with Crippen LogP contribution in [0.4, 0.5) is 11.4 Å². The van der Waals surface area contributed by atoms with Crippen LogP contribution in [-0.2, 0) is 0 Å². The van der Waals surface area contributed by atoms with Crippen molar-refractivity contribution in [3.63, 3.8) is 0 Å². The van der Waals surface area contributed by atoms with Gasteiger partial charge in [0.25, 0.3) is 17.3 Å². The van der Waals surface area contributed by atoms with Gasteiger partial charge in [0.05, 0.1) is 15.9 Å². The van der Waals surface area contributed by atoms with Gasteiger partial charge in [-0.1, -0.05) is 0 Å². The molecule has 1 rings (SSSR count). The van der Waals surface area contributed by atoms with Crippen LogP contribution < -0.4 is 5.73 Å². The highest BCUT2D eigenvalue weighted by atomic mass is 32.2. The van der Waals surface area contributed by atoms with E-state index in [2.05, 4.69) is 0 Å². The van der Waals surface area contributed by atoms with Crippen molar-refractivity contribution in [2.75, 3.05) is 6.26 Å². The highest BCUT2D eigenvalue weighted by Crippen LogP contribution is 2.33. The Morgan fingerprint density at radius 3 is 2.24 bits per heavy atom. The summed E-state index contributed by atoms with van der Waals surface area (Å²) in [4.78, 5) is 30.9. The maximum atomic E-state index is 11.1. The van der Waals surface area contributed by atoms with Gasteiger partial charge in [0.15, 0.2) is 0 Å². The molecule has 1 aromatic rings. The molecule has 0 bridgehead atoms. The van der Waals surface area contributed by atoms with Crippen LogP contribution in [0.15, 0.2) is 17.0 Å². The third-order valence-corrected chi connectivity index (χ3v) is 2.70. The van der Waals surface area contributed by atoms with Gasteiger partial charge in [0.2, 0.25) is 0 Å². The molecule has 1 amide bonds. The van der Waals surface area contributed by atoms with Crippen LogP contribution in [0.5, 0.6) is 0 Å². The standard InChI is InChI=1S/C8H7N3O5S/c1-17-6-3-4(10(13)14)2-5(11(15)16)7(6)8(9)12/h2-3H,1H3,(H2,9,12). The third-order valence-electron chi connectivity index (χ3n) is 1.94. The normalized spacial score (nSPS) is 9.94. The lowest BCUT2D eigenvalue weighted by atomic mass is 10.1. The van der Waals surface area contributed by atoms with Crippen molar-refractivity contribution in [1.29, 1.82) is 0 Å². The number of hydrogen-bond acceptors (Lipinski definition) is 6. The summed E-state index contributed by atoms with van der Waals surface area (Å²) in [5, 5.41) is 21.3. The summed E-state index contributed by atoms with van der Waals surface area (Å²) in [5.41, 5.74) is 3.61. The van der Waals surface area contributed by atoms with Crippen molar-refractivity contribution < 1.29 is 14.6 Å². The molecule has 0 radical (unpaired) electrons. The monoisotopic (exact) mass is 257 g/mol. The minimum absolute atomic E-state index is 0.110. The molecule has 0 aliphatic heterocycles. The fraction of sp³-hybridized carbons (Fsp3) is 0.125. The maximum absolute atomic E-state index is 11.1. The third kappa shape index (κ3) is 2.50. The van der Waals surface area contributed by atoms with E-state index in [0.29, 0.717) is 0 Å². The van der Waals surface area contributed by atoms with Crippen molar-refractivity contribution in [3.05, 3.63) is 37.9 Å². The Hall–Kier alpha value is -2.16. The Morgan fingerprint density at radius 2 is 1.88 bits per heavy atom. The minimum Gasteiger partial charge on any atom is -0.365 e. The second kappa shape index (κ2) is 4.78. The number of thioether (sulfide) groups is 1. The van der Waals surface area contributed by atoms with Gasteiger partial charge in [-0.2, -0.15) is 0 Å². The summed E-state index contributed by atoms with van der Waals surface area (Å²) in [6.45, 7) is 0. The second-order valence-corrected chi connectivity index (χ2v) is 3.77. The first kappa shape index (κ1) is 12.9. The number of carbonyl (C=O) groups excluding carboxylic acids is 1. The van der Waals surface area contributed by atoms with E-state index >= 15 is 0 Å². The smallest absolute Gasteiger partial charge is 0.290 e. The fourth-order valence-electron chi connectivity index (χ4n) is 1.24. The SMILES string of the molecule is CSc1cc([N+](=O)[O-])cc([N+](=O)[O-])c1C(N)=O. The summed E-state index contributed by atoms with van der Waals surface area (Å²) >= 11 is 0.977. The maximum Gasteiger partial charge on any atom is 0.290 e. The number of non-ortho nitro benzene ring substituents is 1. The fourth-order valence-corrected chi connectivity index (χ4v) is 1.89. The zero-order valence-corrected chi connectivity index (χ0v) is 9.39. The number of nitro groups is 2. The van der Waals surface area contributed by atoms with E-state index in [1.54, 1.807) is 0 Å². The molecule has 0 spiro atoms. The quantitative estimate of drug-likeness (QED) is 0.491. The Morgan fingerprint density at radius 1 is 1.29 bits per heavy atom. The van der Waals surface area contributed by atoms with Gasteiger partial charge in [0, 0.05) is 11.0 Å². The Labute approximate surface area is 99.1 Å². The summed E-state index contributed by atoms with van der Waals surface area (Å²) in [6, 6.07) is 1.80. The van der Waals surface area contributed by atoms with Crippen LogP contribution in [0.1, 0.15) is 10.4 Å². The molecule has 0 saturated carbocycles. The van der Waals surface area contributed by atoms with Gasteiger partial charge >= 0.3 is 0 Å². The van der Waals surface area contributed by atoms with Crippen LogP contribution >= 0.6 is 11.8 Å². The molecule has 8 nitrogen and oxygen atoms in total. The van der Waals surface area contributed by atoms with Crippen LogP contribution in [0.2, 0.25) is 0 Å². The van der Waals surface area contributed by atoms with Crippen molar-refractivity contribution >= 4 is 29.0 Å². The summed E-state index contributed by atoms with van der Waals surface area (Å²) in [5.74, 6) is -0.990. The van der Waals surface area contributed by atoms with Gasteiger partial charge in [-0.05, 0) is 6.26 Å². The number of hydrogen-bond donors (Lipinski definition) is 1. The number of carbonyl (C=O) groups is 1. The minimum atomic E-state index is -0.990. The van der Waals surface area contributed by atoms with Crippen molar-refractivity contribution in [1.82, 2.24) is 0 Å². The number of benzene rings is 1. The topological polar surface area (TPSA) is 129 Å². The second-order valence-electron chi connectivity index (χ2n) is 2.92. The number of nitrogens with two attached hydrogens (primary N) is 1. The van der Waals surface area contributed by atoms with Gasteiger partial charge in [-0.25, -0.2) is 0 Å². The predicted molar refractivity (Wildman–Crippen MR) is 60.0 cm³/mol. The molecule has 0 saturated heterocycles. The number of rotatable bonds is 4. The largest absolute Gasteiger partial charge is 0.365 e. The van der Waals surface area contributed by atoms with Gasteiger partial charge in [0.1, 0.15) is 5.56 Å². The first-order valence-corrected chi connectivity index (χ1v) is 5.41. The summed E-state index contributed by atoms with van der Waals surface area (Å²) in [6.07, 6.45) is 1.54. The zero-order valence-electron chi connectivity index (χ0n) is 8.58. The summed E-state index contributed by atoms with van der Waals surface area (Å²) < 4.78 is 0. The van der Waals surface area contributed by atoms with E-state index < -0.39 is 27.1 Å². The molecule has 9 heteroatoms. The molecule has 0 unspecified atom stereocenters. The first-order chi connectivity index (χ1) is 7.88. The van der Waals surface area contributed by atoms with E-state index in [4.69, 9.17) is 5.73 Å². The summed E-state index contributed by atoms with van der Waals surface area (Å²) in [7, 11) is 0. The van der Waals surface area contributed by atoms with E-state index in [-0.39, 0.29) is 10.5 Å². The Balaban J connectivity index is 3.63. The van der Waals surface area contributed by atoms with E-state index in [1.165, 1.54) is 6.26 Å². The molecule has 0 heterocycles. The van der Waals surface area contributed by atoms with Crippen molar-refractivity contribution in [2.45, 2.75) is 4.90 Å². The molecular weight excluding hydrogens is 250 g/mol. The Bertz CT molecular complexity index is 516. The molecule has 0 aromatic heterocycles. The van der Waals surface area contributed by atoms with Gasteiger partial charge in [-0.15, -0.1) is 11.8 Å². The molecule has 0 atom stereocenters. The van der Waals surface area contributed by atoms with Crippen molar-refractivity contribution in [2.24, 2.45) is 5.73 Å². The molecule has 0 fully saturated rings. The molecule has 2 N–H and O–H groups in total. The highest BCUT2D eigenvalue weighted by molar-refractivity contribution is 7.98. The van der Waals surface area contributed by atoms with Gasteiger partial charge < -0.3 is 5.73 Å². The molecule has 90 valence electrons. The molecule has 0 aliphatic carbocycles. The van der Waals surface area contributed by atoms with Crippen LogP contribution in [-0.4, -0.2) is 22.0 Å². The van der Waals surface area contributed by atoms with Crippen LogP contribution in [0, 0.1) is 20.2 Å². The van der Waals surface area contributed by atoms with E-state index in [0.717, 1.165) is 23.9 Å². The number of amides is 1. The molecular formula is C8H7N3O5S. The number of nitrogens with zero attached hydrogens (tertiary/aromatic N) is 2. The lowest BCUT2D eigenvalue weighted by Crippen LogP contribution is -2.15. The lowest BCUT2D eigenvalue weighted by molar-refractivity contribution is -0.394. The van der Waals surface area contributed by atoms with E-state index in [9.17, 15) is 25.0 Å². The van der Waals surface area contributed by atoms with Crippen molar-refractivity contribution in [3.8, 4) is 0 Å². The van der Waals surface area contributed by atoms with Crippen LogP contribution in [0.3, 0.4) is 0 Å². The zero-order chi connectivity index (χ0) is 13.2. The van der Waals surface area contributed by atoms with E-state index in [1.807, 2.05) is 0 Å². The first-order valence-electron chi connectivity index (χ1n) is 4.19. The van der Waals surface area contributed by atoms with Crippen LogP contribution in [0.25, 0.3) is 0 Å². The lowest BCUT2D eigenvalue weighted by Gasteiger charge is -2.04. The molecule has 17 heavy (non-hydrogen) atoms. The van der Waals surface area contributed by atoms with Gasteiger partial charge in [-0.3, -0.25) is 25.0 Å². The average Bonchev–Trinajstić information content (AvgIpc) is 2.26. The molecule has 1 aromatic carbocycles. The highest BCUT2D eigenvalue weighted by Gasteiger charge is 2.26.